The van der Waals surface area contributed by atoms with Crippen LogP contribution in [0.1, 0.15) is 27.8 Å². The molecule has 0 aliphatic carbocycles. The Morgan fingerprint density at radius 3 is 1.15 bits per heavy atom. The second-order valence-corrected chi connectivity index (χ2v) is 17.4. The van der Waals surface area contributed by atoms with Gasteiger partial charge >= 0.3 is 0 Å². The van der Waals surface area contributed by atoms with Crippen LogP contribution in [0.4, 0.5) is 0 Å². The van der Waals surface area contributed by atoms with E-state index in [0.717, 1.165) is 61.6 Å². The van der Waals surface area contributed by atoms with Gasteiger partial charge < -0.3 is 37.9 Å². The predicted octanol–water partition coefficient (Wildman–Crippen LogP) is 13.3. The lowest BCUT2D eigenvalue weighted by atomic mass is 10.2. The Hall–Kier alpha value is -6.46. The molecular formula is C51H45Cl5N6O8S. The first-order valence-electron chi connectivity index (χ1n) is 21.2. The number of nitrogens with zero attached hydrogens (tertiary/aromatic N) is 6. The summed E-state index contributed by atoms with van der Waals surface area (Å²) >= 11 is 29.8. The largest absolute Gasteiger partial charge is 0.497 e. The molecule has 0 aliphatic rings. The molecule has 0 fully saturated rings. The van der Waals surface area contributed by atoms with Crippen LogP contribution in [0.5, 0.6) is 46.3 Å². The quantitative estimate of drug-likeness (QED) is 0.0706. The highest BCUT2D eigenvalue weighted by atomic mass is 35.5. The average Bonchev–Trinajstić information content (AvgIpc) is 3.41. The van der Waals surface area contributed by atoms with E-state index in [1.54, 1.807) is 46.3 Å². The van der Waals surface area contributed by atoms with Gasteiger partial charge in [0.2, 0.25) is 0 Å². The van der Waals surface area contributed by atoms with Crippen molar-refractivity contribution in [3.05, 3.63) is 193 Å². The van der Waals surface area contributed by atoms with Gasteiger partial charge in [0.1, 0.15) is 54.5 Å². The number of ether oxygens (including phenoxy) is 8. The lowest BCUT2D eigenvalue weighted by Gasteiger charge is -2.13. The van der Waals surface area contributed by atoms with Crippen LogP contribution >= 0.6 is 69.8 Å². The number of aromatic nitrogens is 6. The van der Waals surface area contributed by atoms with Crippen molar-refractivity contribution < 1.29 is 37.9 Å². The molecule has 20 heteroatoms. The maximum Gasteiger partial charge on any atom is 0.276 e. The summed E-state index contributed by atoms with van der Waals surface area (Å²) in [6.45, 7) is 1.34. The maximum atomic E-state index is 6.11. The fourth-order valence-electron chi connectivity index (χ4n) is 5.75. The molecule has 8 rings (SSSR count). The Morgan fingerprint density at radius 1 is 0.380 bits per heavy atom. The zero-order valence-electron chi connectivity index (χ0n) is 38.6. The lowest BCUT2D eigenvalue weighted by Crippen LogP contribution is -2.04. The molecule has 0 saturated carbocycles. The molecule has 0 unspecified atom stereocenters. The van der Waals surface area contributed by atoms with Crippen molar-refractivity contribution in [3.8, 4) is 46.3 Å². The van der Waals surface area contributed by atoms with Crippen LogP contribution in [-0.4, -0.2) is 59.0 Å². The number of hydrogen-bond acceptors (Lipinski definition) is 15. The molecule has 71 heavy (non-hydrogen) atoms. The fourth-order valence-corrected chi connectivity index (χ4v) is 7.24. The van der Waals surface area contributed by atoms with Gasteiger partial charge in [0, 0.05) is 22.9 Å². The highest BCUT2D eigenvalue weighted by Gasteiger charge is 2.14. The first-order chi connectivity index (χ1) is 34.5. The molecule has 0 radical (unpaired) electrons. The van der Waals surface area contributed by atoms with Gasteiger partial charge in [-0.2, -0.15) is 0 Å². The molecule has 0 saturated heterocycles. The second-order valence-electron chi connectivity index (χ2n) is 14.5. The van der Waals surface area contributed by atoms with Gasteiger partial charge in [-0.3, -0.25) is 0 Å². The van der Waals surface area contributed by atoms with Crippen molar-refractivity contribution in [1.82, 2.24) is 30.6 Å². The van der Waals surface area contributed by atoms with Gasteiger partial charge in [0.05, 0.1) is 33.5 Å². The Bertz CT molecular complexity index is 2880. The Kier molecular flexibility index (Phi) is 21.6. The van der Waals surface area contributed by atoms with E-state index >= 15 is 0 Å². The summed E-state index contributed by atoms with van der Waals surface area (Å²) in [6.07, 6.45) is 0. The lowest BCUT2D eigenvalue weighted by molar-refractivity contribution is 0.242. The molecule has 0 bridgehead atoms. The van der Waals surface area contributed by atoms with Crippen molar-refractivity contribution >= 4 is 69.8 Å². The van der Waals surface area contributed by atoms with Crippen LogP contribution in [-0.2, 0) is 32.2 Å². The SMILES string of the molecule is COc1ccc(COc2cc(Cl)nnc2OCc2ccc(OC)cc2)cc1.COc1ccc(COc2cc(SCc3ccc(Cl)cc3)nnc2OCc2ccc(OC)cc2)cc1.Clc1cc(Cl)c(Cl)nn1. The zero-order chi connectivity index (χ0) is 50.4. The summed E-state index contributed by atoms with van der Waals surface area (Å²) in [5.41, 5.74) is 5.06. The smallest absolute Gasteiger partial charge is 0.276 e. The van der Waals surface area contributed by atoms with Crippen molar-refractivity contribution in [2.75, 3.05) is 28.4 Å². The third-order valence-corrected chi connectivity index (χ3v) is 11.8. The molecule has 0 atom stereocenters. The molecule has 368 valence electrons. The van der Waals surface area contributed by atoms with Crippen molar-refractivity contribution in [3.63, 3.8) is 0 Å². The molecule has 0 N–H and O–H groups in total. The topological polar surface area (TPSA) is 151 Å². The number of benzene rings is 5. The van der Waals surface area contributed by atoms with E-state index in [-0.39, 0.29) is 21.3 Å². The van der Waals surface area contributed by atoms with Crippen molar-refractivity contribution in [2.45, 2.75) is 37.2 Å². The Morgan fingerprint density at radius 2 is 0.746 bits per heavy atom. The summed E-state index contributed by atoms with van der Waals surface area (Å²) in [4.78, 5) is 0. The summed E-state index contributed by atoms with van der Waals surface area (Å²) in [5.74, 6) is 5.47. The molecule has 0 aliphatic heterocycles. The highest BCUT2D eigenvalue weighted by Crippen LogP contribution is 2.32. The van der Waals surface area contributed by atoms with E-state index in [2.05, 4.69) is 30.6 Å². The van der Waals surface area contributed by atoms with Crippen LogP contribution in [0.3, 0.4) is 0 Å². The van der Waals surface area contributed by atoms with Gasteiger partial charge in [0.15, 0.2) is 27.0 Å². The predicted molar refractivity (Wildman–Crippen MR) is 276 cm³/mol. The number of methoxy groups -OCH3 is 4. The van der Waals surface area contributed by atoms with Gasteiger partial charge in [-0.1, -0.05) is 130 Å². The van der Waals surface area contributed by atoms with Gasteiger partial charge in [-0.05, 0) is 94.5 Å². The molecule has 8 aromatic rings. The van der Waals surface area contributed by atoms with Crippen LogP contribution < -0.4 is 37.9 Å². The van der Waals surface area contributed by atoms with Gasteiger partial charge in [0.25, 0.3) is 11.8 Å². The van der Waals surface area contributed by atoms with E-state index in [9.17, 15) is 0 Å². The van der Waals surface area contributed by atoms with E-state index in [1.165, 1.54) is 6.07 Å². The van der Waals surface area contributed by atoms with Gasteiger partial charge in [-0.25, -0.2) is 0 Å². The van der Waals surface area contributed by atoms with Crippen LogP contribution in [0.15, 0.2) is 145 Å². The zero-order valence-corrected chi connectivity index (χ0v) is 43.2. The first kappa shape index (κ1) is 53.9. The van der Waals surface area contributed by atoms with E-state index in [1.807, 2.05) is 127 Å². The van der Waals surface area contributed by atoms with Crippen molar-refractivity contribution in [1.29, 1.82) is 0 Å². The minimum absolute atomic E-state index is 0.168. The summed E-state index contributed by atoms with van der Waals surface area (Å²) in [5, 5.41) is 25.7. The first-order valence-corrected chi connectivity index (χ1v) is 24.0. The summed E-state index contributed by atoms with van der Waals surface area (Å²) in [7, 11) is 6.54. The number of rotatable bonds is 19. The van der Waals surface area contributed by atoms with Crippen LogP contribution in [0.2, 0.25) is 25.5 Å². The summed E-state index contributed by atoms with van der Waals surface area (Å²) < 4.78 is 44.4. The average molecular weight is 1080 g/mol. The molecule has 14 nitrogen and oxygen atoms in total. The highest BCUT2D eigenvalue weighted by molar-refractivity contribution is 7.98. The molecule has 3 aromatic heterocycles. The molecule has 3 heterocycles. The third-order valence-electron chi connectivity index (χ3n) is 9.55. The molecule has 0 amide bonds. The third kappa shape index (κ3) is 18.0. The maximum absolute atomic E-state index is 6.11. The Labute approximate surface area is 440 Å². The molecule has 5 aromatic carbocycles. The monoisotopic (exact) mass is 1080 g/mol. The molecular weight excluding hydrogens is 1030 g/mol. The second kappa shape index (κ2) is 28.4. The molecule has 0 spiro atoms. The van der Waals surface area contributed by atoms with Crippen molar-refractivity contribution in [2.24, 2.45) is 0 Å². The number of thioether (sulfide) groups is 1. The van der Waals surface area contributed by atoms with Gasteiger partial charge in [-0.15, -0.1) is 30.6 Å². The minimum atomic E-state index is 0.168. The number of hydrogen-bond donors (Lipinski definition) is 0. The van der Waals surface area contributed by atoms with E-state index in [0.29, 0.717) is 53.9 Å². The normalized spacial score (nSPS) is 10.4. The van der Waals surface area contributed by atoms with E-state index in [4.69, 9.17) is 95.9 Å². The number of halogens is 5. The van der Waals surface area contributed by atoms with Crippen LogP contribution in [0.25, 0.3) is 0 Å². The standard InChI is InChI=1S/C27H25ClN2O4S.C20H19ClN2O4.C4HCl3N2/c1-31-23-11-5-19(6-12-23)16-33-25-15-26(35-18-21-3-9-22(28)10-4-21)29-30-27(25)34-17-20-7-13-24(32-2)14-8-20;1-24-16-7-3-14(4-8-16)12-26-18-11-19(21)22-23-20(18)27-13-15-5-9-17(25-2)10-6-15;5-2-1-3(6)8-9-4(2)7/h3-15H,16-18H2,1-2H3;3-11H,12-13H2,1-2H3;1H. The Balaban J connectivity index is 0.000000202. The fraction of sp³-hybridized carbons (Fsp3) is 0.176. The van der Waals surface area contributed by atoms with Crippen LogP contribution in [0, 0.1) is 0 Å². The van der Waals surface area contributed by atoms with E-state index < -0.39 is 0 Å². The minimum Gasteiger partial charge on any atom is -0.497 e. The summed E-state index contributed by atoms with van der Waals surface area (Å²) in [6, 6.07) is 43.2.